The summed E-state index contributed by atoms with van der Waals surface area (Å²) in [5.41, 5.74) is 6.81. The third-order valence-electron chi connectivity index (χ3n) is 8.07. The van der Waals surface area contributed by atoms with E-state index in [0.29, 0.717) is 36.3 Å². The highest BCUT2D eigenvalue weighted by Gasteiger charge is 2.34. The molecule has 222 valence electrons. The molecular formula is C33H31F4N5O. The minimum Gasteiger partial charge on any atom is -0.361 e. The molecule has 43 heavy (non-hydrogen) atoms. The van der Waals surface area contributed by atoms with Crippen LogP contribution in [0, 0.1) is 5.82 Å². The predicted molar refractivity (Wildman–Crippen MR) is 158 cm³/mol. The van der Waals surface area contributed by atoms with E-state index in [1.165, 1.54) is 0 Å². The molecule has 0 bridgehead atoms. The van der Waals surface area contributed by atoms with E-state index in [0.717, 1.165) is 76.7 Å². The molecule has 1 N–H and O–H groups in total. The normalized spacial score (nSPS) is 13.5. The largest absolute Gasteiger partial charge is 0.417 e. The number of carbonyl (C=O) groups is 1. The van der Waals surface area contributed by atoms with E-state index in [-0.39, 0.29) is 12.4 Å². The van der Waals surface area contributed by atoms with Crippen LogP contribution in [0.25, 0.3) is 27.8 Å². The van der Waals surface area contributed by atoms with E-state index < -0.39 is 17.6 Å². The second kappa shape index (κ2) is 11.3. The molecule has 6 rings (SSSR count). The Balaban J connectivity index is 1.58. The van der Waals surface area contributed by atoms with Crippen molar-refractivity contribution in [1.29, 1.82) is 0 Å². The molecule has 0 saturated carbocycles. The number of halogens is 4. The summed E-state index contributed by atoms with van der Waals surface area (Å²) in [7, 11) is 0. The summed E-state index contributed by atoms with van der Waals surface area (Å²) in [6, 6.07) is 12.4. The van der Waals surface area contributed by atoms with Crippen molar-refractivity contribution >= 4 is 23.0 Å². The Morgan fingerprint density at radius 2 is 1.79 bits per heavy atom. The number of fused-ring (bicyclic) bond motifs is 2. The van der Waals surface area contributed by atoms with Crippen molar-refractivity contribution in [2.75, 3.05) is 11.4 Å². The molecule has 10 heteroatoms. The summed E-state index contributed by atoms with van der Waals surface area (Å²) in [4.78, 5) is 20.6. The summed E-state index contributed by atoms with van der Waals surface area (Å²) in [5.74, 6) is -1.15. The average molecular weight is 590 g/mol. The number of nitrogens with zero attached hydrogens (tertiary/aromatic N) is 4. The standard InChI is InChI=1S/C33H31F4N5O/c1-3-6-20-8-5-9-21(7-4-2)30(20)42-31(25-11-10-22(19-43)29-24(25)12-14-38-29)26-18-41(15-13-28(26)40-42)32-27(34)16-23(17-39-32)33(35,36)37/h5,8-12,14,16-17,19,38H,3-4,6-7,13,15,18H2,1-2H3. The first-order valence-electron chi connectivity index (χ1n) is 14.5. The summed E-state index contributed by atoms with van der Waals surface area (Å²) in [5, 5.41) is 6.00. The first-order valence-corrected chi connectivity index (χ1v) is 14.5. The lowest BCUT2D eigenvalue weighted by atomic mass is 9.95. The number of hydrogen-bond donors (Lipinski definition) is 1. The van der Waals surface area contributed by atoms with Crippen LogP contribution in [-0.2, 0) is 32.0 Å². The monoisotopic (exact) mass is 589 g/mol. The van der Waals surface area contributed by atoms with Gasteiger partial charge in [0, 0.05) is 54.0 Å². The maximum absolute atomic E-state index is 15.1. The maximum atomic E-state index is 15.1. The van der Waals surface area contributed by atoms with Gasteiger partial charge in [-0.1, -0.05) is 51.0 Å². The number of anilines is 1. The average Bonchev–Trinajstić information content (AvgIpc) is 3.62. The number of benzene rings is 2. The number of aromatic amines is 1. The number of nitrogens with one attached hydrogen (secondary N) is 1. The lowest BCUT2D eigenvalue weighted by molar-refractivity contribution is -0.138. The smallest absolute Gasteiger partial charge is 0.361 e. The first kappa shape index (κ1) is 28.6. The van der Waals surface area contributed by atoms with E-state index >= 15 is 4.39 Å². The van der Waals surface area contributed by atoms with Gasteiger partial charge in [0.1, 0.15) is 0 Å². The quantitative estimate of drug-likeness (QED) is 0.148. The van der Waals surface area contributed by atoms with Gasteiger partial charge in [0.05, 0.1) is 28.2 Å². The van der Waals surface area contributed by atoms with Crippen LogP contribution in [-0.4, -0.2) is 32.6 Å². The van der Waals surface area contributed by atoms with E-state index in [1.54, 1.807) is 17.2 Å². The highest BCUT2D eigenvalue weighted by Crippen LogP contribution is 2.40. The highest BCUT2D eigenvalue weighted by atomic mass is 19.4. The number of H-pyrrole nitrogens is 1. The van der Waals surface area contributed by atoms with Gasteiger partial charge in [-0.2, -0.15) is 18.3 Å². The molecule has 0 saturated heterocycles. The van der Waals surface area contributed by atoms with Crippen molar-refractivity contribution in [2.24, 2.45) is 0 Å². The van der Waals surface area contributed by atoms with E-state index in [1.807, 2.05) is 16.8 Å². The summed E-state index contributed by atoms with van der Waals surface area (Å²) in [6.07, 6.45) is 2.65. The number of carbonyl (C=O) groups excluding carboxylic acids is 1. The van der Waals surface area contributed by atoms with E-state index in [4.69, 9.17) is 5.10 Å². The van der Waals surface area contributed by atoms with Crippen molar-refractivity contribution in [1.82, 2.24) is 19.7 Å². The van der Waals surface area contributed by atoms with Crippen LogP contribution in [0.1, 0.15) is 65.0 Å². The number of rotatable bonds is 8. The van der Waals surface area contributed by atoms with Crippen molar-refractivity contribution in [3.8, 4) is 16.9 Å². The van der Waals surface area contributed by atoms with Crippen molar-refractivity contribution in [3.05, 3.63) is 94.2 Å². The highest BCUT2D eigenvalue weighted by molar-refractivity contribution is 6.03. The minimum atomic E-state index is -4.69. The van der Waals surface area contributed by atoms with Crippen LogP contribution in [0.15, 0.2) is 54.9 Å². The summed E-state index contributed by atoms with van der Waals surface area (Å²) >= 11 is 0. The zero-order valence-electron chi connectivity index (χ0n) is 23.9. The third kappa shape index (κ3) is 5.08. The topological polar surface area (TPSA) is 66.8 Å². The molecule has 4 heterocycles. The van der Waals surface area contributed by atoms with Gasteiger partial charge in [0.2, 0.25) is 0 Å². The molecule has 0 unspecified atom stereocenters. The van der Waals surface area contributed by atoms with Gasteiger partial charge in [0.15, 0.2) is 17.9 Å². The maximum Gasteiger partial charge on any atom is 0.417 e. The van der Waals surface area contributed by atoms with Gasteiger partial charge < -0.3 is 9.88 Å². The number of aromatic nitrogens is 4. The molecule has 3 aromatic heterocycles. The Kier molecular flexibility index (Phi) is 7.54. The Hall–Kier alpha value is -4.47. The lowest BCUT2D eigenvalue weighted by Gasteiger charge is -2.28. The fraction of sp³-hybridized carbons (Fsp3) is 0.303. The molecule has 5 aromatic rings. The fourth-order valence-corrected chi connectivity index (χ4v) is 6.15. The second-order valence-electron chi connectivity index (χ2n) is 10.9. The molecule has 1 aliphatic rings. The van der Waals surface area contributed by atoms with E-state index in [9.17, 15) is 18.0 Å². The van der Waals surface area contributed by atoms with Crippen molar-refractivity contribution < 1.29 is 22.4 Å². The molecule has 2 aromatic carbocycles. The van der Waals surface area contributed by atoms with Gasteiger partial charge in [-0.3, -0.25) is 4.79 Å². The van der Waals surface area contributed by atoms with Crippen molar-refractivity contribution in [3.63, 3.8) is 0 Å². The van der Waals surface area contributed by atoms with Gasteiger partial charge in [-0.15, -0.1) is 0 Å². The number of para-hydroxylation sites is 1. The molecule has 0 amide bonds. The van der Waals surface area contributed by atoms with Crippen LogP contribution in [0.4, 0.5) is 23.4 Å². The van der Waals surface area contributed by atoms with Gasteiger partial charge in [-0.25, -0.2) is 14.1 Å². The molecule has 0 spiro atoms. The zero-order chi connectivity index (χ0) is 30.3. The summed E-state index contributed by atoms with van der Waals surface area (Å²) < 4.78 is 56.8. The number of aldehydes is 1. The molecule has 0 atom stereocenters. The fourth-order valence-electron chi connectivity index (χ4n) is 6.15. The summed E-state index contributed by atoms with van der Waals surface area (Å²) in [6.45, 7) is 4.83. The van der Waals surface area contributed by atoms with Crippen molar-refractivity contribution in [2.45, 2.75) is 58.7 Å². The van der Waals surface area contributed by atoms with Crippen LogP contribution in [0.5, 0.6) is 0 Å². The first-order chi connectivity index (χ1) is 20.7. The Bertz CT molecular complexity index is 1800. The second-order valence-corrected chi connectivity index (χ2v) is 10.9. The van der Waals surface area contributed by atoms with Gasteiger partial charge >= 0.3 is 6.18 Å². The van der Waals surface area contributed by atoms with Gasteiger partial charge in [-0.05, 0) is 42.2 Å². The Morgan fingerprint density at radius 1 is 1.05 bits per heavy atom. The van der Waals surface area contributed by atoms with E-state index in [2.05, 4.69) is 42.0 Å². The number of aryl methyl sites for hydroxylation is 2. The van der Waals surface area contributed by atoms with Crippen LogP contribution < -0.4 is 4.90 Å². The molecule has 1 aliphatic heterocycles. The Labute approximate surface area is 246 Å². The molecule has 0 fully saturated rings. The number of alkyl halides is 3. The van der Waals surface area contributed by atoms with Crippen LogP contribution in [0.3, 0.4) is 0 Å². The number of hydrogen-bond acceptors (Lipinski definition) is 4. The minimum absolute atomic E-state index is 0.126. The molecule has 0 radical (unpaired) electrons. The molecule has 6 nitrogen and oxygen atoms in total. The molecule has 0 aliphatic carbocycles. The predicted octanol–water partition coefficient (Wildman–Crippen LogP) is 7.85. The van der Waals surface area contributed by atoms with Crippen LogP contribution in [0.2, 0.25) is 0 Å². The lowest BCUT2D eigenvalue weighted by Crippen LogP contribution is -2.32. The SMILES string of the molecule is CCCc1cccc(CCC)c1-n1nc2c(c1-c1ccc(C=O)c3[nH]ccc13)CN(c1ncc(C(F)(F)F)cc1F)CC2. The zero-order valence-corrected chi connectivity index (χ0v) is 23.9. The number of pyridine rings is 1. The third-order valence-corrected chi connectivity index (χ3v) is 8.07. The Morgan fingerprint density at radius 3 is 2.44 bits per heavy atom. The van der Waals surface area contributed by atoms with Crippen LogP contribution >= 0.6 is 0 Å². The molecular weight excluding hydrogens is 558 g/mol. The van der Waals surface area contributed by atoms with Gasteiger partial charge in [0.25, 0.3) is 0 Å².